The highest BCUT2D eigenvalue weighted by molar-refractivity contribution is 7.46. The number of phosphoric ester groups is 1. The Bertz CT molecular complexity index is 984. The molecule has 0 fully saturated rings. The van der Waals surface area contributed by atoms with Gasteiger partial charge in [0.1, 0.15) is 22.9 Å². The molecular formula is C18H26N7O6P. The van der Waals surface area contributed by atoms with Gasteiger partial charge in [-0.15, -0.1) is 10.2 Å². The highest BCUT2D eigenvalue weighted by Gasteiger charge is 2.15. The van der Waals surface area contributed by atoms with Crippen LogP contribution >= 0.6 is 7.82 Å². The lowest BCUT2D eigenvalue weighted by Crippen LogP contribution is -2.35. The first-order valence-corrected chi connectivity index (χ1v) is 11.1. The second-order valence-corrected chi connectivity index (χ2v) is 7.77. The van der Waals surface area contributed by atoms with Crippen LogP contribution in [0.2, 0.25) is 0 Å². The number of nitrogens with one attached hydrogen (secondary N) is 1. The van der Waals surface area contributed by atoms with Gasteiger partial charge in [0.25, 0.3) is 0 Å². The number of hydrogen-bond acceptors (Lipinski definition) is 10. The van der Waals surface area contributed by atoms with E-state index in [-0.39, 0.29) is 34.7 Å². The minimum atomic E-state index is -4.66. The fraction of sp³-hybridized carbons (Fsp3) is 0.333. The van der Waals surface area contributed by atoms with E-state index in [1.54, 1.807) is 18.2 Å². The number of anilines is 2. The van der Waals surface area contributed by atoms with Crippen molar-refractivity contribution in [3.63, 3.8) is 0 Å². The van der Waals surface area contributed by atoms with Crippen molar-refractivity contribution in [1.82, 2.24) is 4.98 Å². The van der Waals surface area contributed by atoms with Gasteiger partial charge in [0, 0.05) is 0 Å². The zero-order chi connectivity index (χ0) is 23.6. The maximum absolute atomic E-state index is 12.1. The molecule has 2 rings (SSSR count). The summed E-state index contributed by atoms with van der Waals surface area (Å²) in [5.41, 5.74) is 17.7. The first-order chi connectivity index (χ1) is 15.2. The Hall–Kier alpha value is -2.93. The molecule has 32 heavy (non-hydrogen) atoms. The number of nitrogens with zero attached hydrogens (tertiary/aromatic N) is 3. The van der Waals surface area contributed by atoms with Gasteiger partial charge >= 0.3 is 7.82 Å². The van der Waals surface area contributed by atoms with Crippen molar-refractivity contribution in [2.75, 3.05) is 24.4 Å². The number of amides is 1. The van der Waals surface area contributed by atoms with Gasteiger partial charge in [-0.1, -0.05) is 18.6 Å². The molecule has 0 radical (unpaired) electrons. The van der Waals surface area contributed by atoms with Gasteiger partial charge in [0.15, 0.2) is 12.6 Å². The van der Waals surface area contributed by atoms with Gasteiger partial charge < -0.3 is 37.0 Å². The van der Waals surface area contributed by atoms with E-state index in [1.165, 1.54) is 18.2 Å². The maximum Gasteiger partial charge on any atom is 0.472 e. The Kier molecular flexibility index (Phi) is 9.65. The van der Waals surface area contributed by atoms with E-state index in [0.717, 1.165) is 12.8 Å². The summed E-state index contributed by atoms with van der Waals surface area (Å²) in [6, 6.07) is 8.74. The van der Waals surface area contributed by atoms with Crippen LogP contribution in [-0.2, 0) is 13.9 Å². The summed E-state index contributed by atoms with van der Waals surface area (Å²) in [5, 5.41) is 10.6. The Morgan fingerprint density at radius 2 is 1.88 bits per heavy atom. The lowest BCUT2D eigenvalue weighted by molar-refractivity contribution is -0.117. The molecular weight excluding hydrogens is 441 g/mol. The molecule has 174 valence electrons. The molecule has 14 heteroatoms. The maximum atomic E-state index is 12.1. The number of pyridine rings is 1. The van der Waals surface area contributed by atoms with E-state index in [0.29, 0.717) is 13.0 Å². The number of carbonyl (C=O) groups is 1. The number of nitrogens with two attached hydrogens (primary N) is 3. The first kappa shape index (κ1) is 25.3. The number of azo groups is 1. The largest absolute Gasteiger partial charge is 0.472 e. The topological polar surface area (TPSA) is 221 Å². The number of nitrogen functional groups attached to an aromatic ring is 1. The Labute approximate surface area is 184 Å². The summed E-state index contributed by atoms with van der Waals surface area (Å²) < 4.78 is 20.2. The van der Waals surface area contributed by atoms with Crippen molar-refractivity contribution >= 4 is 36.7 Å². The van der Waals surface area contributed by atoms with Crippen LogP contribution in [0.25, 0.3) is 0 Å². The third-order valence-corrected chi connectivity index (χ3v) is 4.47. The molecule has 0 saturated carbocycles. The van der Waals surface area contributed by atoms with Crippen molar-refractivity contribution in [2.24, 2.45) is 21.7 Å². The second-order valence-electron chi connectivity index (χ2n) is 6.53. The number of ether oxygens (including phenoxy) is 1. The SMILES string of the molecule is NCCCC[C@H](N)C(=O)Nc1ccc(/N=N/c2ccccc2OCOP(=O)(O)O)c(N)n1. The molecule has 0 bridgehead atoms. The zero-order valence-corrected chi connectivity index (χ0v) is 18.0. The van der Waals surface area contributed by atoms with Crippen LogP contribution < -0.4 is 27.3 Å². The molecule has 0 aliphatic carbocycles. The van der Waals surface area contributed by atoms with Crippen LogP contribution in [0, 0.1) is 0 Å². The highest BCUT2D eigenvalue weighted by atomic mass is 31.2. The van der Waals surface area contributed by atoms with Gasteiger partial charge in [-0.3, -0.25) is 4.79 Å². The summed E-state index contributed by atoms with van der Waals surface area (Å²) in [4.78, 5) is 33.6. The minimum Gasteiger partial charge on any atom is -0.465 e. The summed E-state index contributed by atoms with van der Waals surface area (Å²) in [6.07, 6.45) is 2.04. The second kappa shape index (κ2) is 12.2. The first-order valence-electron chi connectivity index (χ1n) is 9.56. The molecule has 9 N–H and O–H groups in total. The standard InChI is InChI=1S/C18H26N7O6P/c19-10-4-3-5-12(20)18(26)23-16-9-8-14(17(21)22-16)25-24-13-6-1-2-7-15(13)30-11-31-32(27,28)29/h1-2,6-9,12H,3-5,10-11,19-20H2,(H2,27,28,29)(H3,21,22,23,26)/b25-24+/t12-/m0/s1. The summed E-state index contributed by atoms with van der Waals surface area (Å²) in [6.45, 7) is -0.135. The van der Waals surface area contributed by atoms with E-state index < -0.39 is 20.7 Å². The number of carbonyl (C=O) groups excluding carboxylic acids is 1. The Balaban J connectivity index is 2.02. The van der Waals surface area contributed by atoms with Gasteiger partial charge in [-0.05, 0) is 43.7 Å². The lowest BCUT2D eigenvalue weighted by atomic mass is 10.1. The molecule has 2 aromatic rings. The lowest BCUT2D eigenvalue weighted by Gasteiger charge is -2.12. The molecule has 0 spiro atoms. The molecule has 1 atom stereocenters. The van der Waals surface area contributed by atoms with Gasteiger partial charge in [-0.25, -0.2) is 14.1 Å². The van der Waals surface area contributed by atoms with E-state index >= 15 is 0 Å². The van der Waals surface area contributed by atoms with Crippen LogP contribution in [0.4, 0.5) is 23.0 Å². The fourth-order valence-electron chi connectivity index (χ4n) is 2.41. The summed E-state index contributed by atoms with van der Waals surface area (Å²) in [5.74, 6) is 0.0427. The number of rotatable bonds is 12. The predicted molar refractivity (Wildman–Crippen MR) is 117 cm³/mol. The molecule has 13 nitrogen and oxygen atoms in total. The average molecular weight is 467 g/mol. The van der Waals surface area contributed by atoms with E-state index in [2.05, 4.69) is 25.1 Å². The van der Waals surface area contributed by atoms with Crippen LogP contribution in [0.1, 0.15) is 19.3 Å². The number of para-hydroxylation sites is 1. The predicted octanol–water partition coefficient (Wildman–Crippen LogP) is 1.92. The number of hydrogen-bond donors (Lipinski definition) is 6. The van der Waals surface area contributed by atoms with Crippen molar-refractivity contribution in [1.29, 1.82) is 0 Å². The van der Waals surface area contributed by atoms with Crippen molar-refractivity contribution in [3.8, 4) is 5.75 Å². The highest BCUT2D eigenvalue weighted by Crippen LogP contribution is 2.36. The Morgan fingerprint density at radius 1 is 1.16 bits per heavy atom. The Morgan fingerprint density at radius 3 is 2.56 bits per heavy atom. The molecule has 0 unspecified atom stereocenters. The van der Waals surface area contributed by atoms with Crippen LogP contribution in [-0.4, -0.2) is 40.1 Å². The molecule has 1 amide bonds. The van der Waals surface area contributed by atoms with Gasteiger partial charge in [-0.2, -0.15) is 0 Å². The van der Waals surface area contributed by atoms with Crippen molar-refractivity contribution < 1.29 is 28.4 Å². The quantitative estimate of drug-likeness (QED) is 0.115. The molecule has 1 aromatic heterocycles. The van der Waals surface area contributed by atoms with Crippen LogP contribution in [0.3, 0.4) is 0 Å². The molecule has 1 aromatic carbocycles. The third-order valence-electron chi connectivity index (χ3n) is 4.03. The fourth-order valence-corrected chi connectivity index (χ4v) is 2.60. The molecule has 1 heterocycles. The van der Waals surface area contributed by atoms with Crippen LogP contribution in [0.5, 0.6) is 5.75 Å². The van der Waals surface area contributed by atoms with E-state index in [1.807, 2.05) is 0 Å². The summed E-state index contributed by atoms with van der Waals surface area (Å²) >= 11 is 0. The van der Waals surface area contributed by atoms with E-state index in [4.69, 9.17) is 31.7 Å². The third kappa shape index (κ3) is 8.67. The summed E-state index contributed by atoms with van der Waals surface area (Å²) in [7, 11) is -4.66. The number of aromatic nitrogens is 1. The number of benzene rings is 1. The van der Waals surface area contributed by atoms with Gasteiger partial charge in [0.05, 0.1) is 6.04 Å². The molecule has 0 aliphatic heterocycles. The van der Waals surface area contributed by atoms with Crippen molar-refractivity contribution in [3.05, 3.63) is 36.4 Å². The van der Waals surface area contributed by atoms with Crippen molar-refractivity contribution in [2.45, 2.75) is 25.3 Å². The van der Waals surface area contributed by atoms with Crippen LogP contribution in [0.15, 0.2) is 46.6 Å². The van der Waals surface area contributed by atoms with E-state index in [9.17, 15) is 9.36 Å². The minimum absolute atomic E-state index is 0.0199. The monoisotopic (exact) mass is 467 g/mol. The number of unbranched alkanes of at least 4 members (excludes halogenated alkanes) is 1. The molecule has 0 saturated heterocycles. The average Bonchev–Trinajstić information content (AvgIpc) is 2.73. The number of phosphoric acid groups is 1. The normalized spacial score (nSPS) is 12.6. The molecule has 0 aliphatic rings. The smallest absolute Gasteiger partial charge is 0.465 e. The zero-order valence-electron chi connectivity index (χ0n) is 17.1. The van der Waals surface area contributed by atoms with Gasteiger partial charge in [0.2, 0.25) is 5.91 Å².